The van der Waals surface area contributed by atoms with Gasteiger partial charge in [-0.15, -0.1) is 0 Å². The van der Waals surface area contributed by atoms with E-state index in [0.717, 1.165) is 0 Å². The maximum atomic E-state index is 13.8. The first-order chi connectivity index (χ1) is 10.2. The molecule has 0 amide bonds. The van der Waals surface area contributed by atoms with Gasteiger partial charge in [-0.05, 0) is 37.4 Å². The number of benzene rings is 1. The number of rotatable bonds is 6. The molecular weight excluding hydrogens is 293 g/mol. The van der Waals surface area contributed by atoms with Crippen LogP contribution in [0.1, 0.15) is 30.1 Å². The fourth-order valence-electron chi connectivity index (χ4n) is 2.49. The zero-order valence-corrected chi connectivity index (χ0v) is 12.5. The van der Waals surface area contributed by atoms with E-state index >= 15 is 0 Å². The van der Waals surface area contributed by atoms with Gasteiger partial charge in [0.1, 0.15) is 5.82 Å². The predicted molar refractivity (Wildman–Crippen MR) is 77.8 cm³/mol. The van der Waals surface area contributed by atoms with E-state index in [1.165, 1.54) is 18.9 Å². The van der Waals surface area contributed by atoms with Gasteiger partial charge in [-0.25, -0.2) is 4.39 Å². The molecule has 1 aromatic heterocycles. The Morgan fingerprint density at radius 3 is 3.00 bits per heavy atom. The molecule has 1 unspecified atom stereocenters. The van der Waals surface area contributed by atoms with Crippen molar-refractivity contribution >= 4 is 11.6 Å². The minimum absolute atomic E-state index is 0.111. The zero-order valence-electron chi connectivity index (χ0n) is 11.8. The maximum absolute atomic E-state index is 13.8. The topological polar surface area (TPSA) is 51.0 Å². The van der Waals surface area contributed by atoms with Crippen LogP contribution in [0.25, 0.3) is 0 Å². The van der Waals surface area contributed by atoms with Crippen molar-refractivity contribution in [2.24, 2.45) is 5.92 Å². The van der Waals surface area contributed by atoms with Gasteiger partial charge in [-0.2, -0.15) is 4.98 Å². The number of hydrogen-bond donors (Lipinski definition) is 1. The minimum atomic E-state index is -0.420. The molecule has 0 aliphatic heterocycles. The molecule has 1 aromatic carbocycles. The number of aromatic nitrogens is 2. The van der Waals surface area contributed by atoms with Crippen LogP contribution >= 0.6 is 11.6 Å². The largest absolute Gasteiger partial charge is 0.339 e. The van der Waals surface area contributed by atoms with Crippen molar-refractivity contribution in [1.82, 2.24) is 15.5 Å². The van der Waals surface area contributed by atoms with Crippen LogP contribution in [0.5, 0.6) is 0 Å². The number of likely N-dealkylation sites (N-methyl/N-ethyl adjacent to an activating group) is 1. The van der Waals surface area contributed by atoms with E-state index in [2.05, 4.69) is 15.5 Å². The second-order valence-electron chi connectivity index (χ2n) is 5.43. The number of hydrogen-bond acceptors (Lipinski definition) is 4. The van der Waals surface area contributed by atoms with Gasteiger partial charge >= 0.3 is 0 Å². The van der Waals surface area contributed by atoms with Gasteiger partial charge < -0.3 is 9.84 Å². The maximum Gasteiger partial charge on any atom is 0.228 e. The van der Waals surface area contributed by atoms with E-state index in [1.807, 2.05) is 7.05 Å². The summed E-state index contributed by atoms with van der Waals surface area (Å²) in [5.74, 6) is 1.36. The van der Waals surface area contributed by atoms with Gasteiger partial charge in [0.25, 0.3) is 0 Å². The molecule has 112 valence electrons. The molecule has 1 fully saturated rings. The molecule has 1 heterocycles. The lowest BCUT2D eigenvalue weighted by Crippen LogP contribution is -2.29. The quantitative estimate of drug-likeness (QED) is 0.891. The first-order valence-corrected chi connectivity index (χ1v) is 7.46. The van der Waals surface area contributed by atoms with Gasteiger partial charge in [0.15, 0.2) is 5.82 Å². The summed E-state index contributed by atoms with van der Waals surface area (Å²) in [4.78, 5) is 4.35. The summed E-state index contributed by atoms with van der Waals surface area (Å²) in [6.45, 7) is 0. The molecule has 6 heteroatoms. The fraction of sp³-hybridized carbons (Fsp3) is 0.467. The second-order valence-corrected chi connectivity index (χ2v) is 5.84. The van der Waals surface area contributed by atoms with Gasteiger partial charge in [0.05, 0.1) is 5.02 Å². The number of halogens is 2. The smallest absolute Gasteiger partial charge is 0.228 e. The summed E-state index contributed by atoms with van der Waals surface area (Å²) in [6.07, 6.45) is 3.50. The zero-order chi connectivity index (χ0) is 14.8. The Bertz CT molecular complexity index is 627. The van der Waals surface area contributed by atoms with E-state index in [1.54, 1.807) is 12.1 Å². The Labute approximate surface area is 127 Å². The molecule has 1 N–H and O–H groups in total. The molecular formula is C15H17ClFN3O. The van der Waals surface area contributed by atoms with Crippen molar-refractivity contribution in [2.75, 3.05) is 7.05 Å². The molecule has 4 nitrogen and oxygen atoms in total. The Kier molecular flexibility index (Phi) is 4.22. The van der Waals surface area contributed by atoms with E-state index in [9.17, 15) is 4.39 Å². The van der Waals surface area contributed by atoms with Crippen LogP contribution in [-0.2, 0) is 12.8 Å². The van der Waals surface area contributed by atoms with Crippen LogP contribution in [0, 0.1) is 11.7 Å². The normalized spacial score (nSPS) is 16.1. The first-order valence-electron chi connectivity index (χ1n) is 7.09. The SMILES string of the molecule is CNC(Cc1nc(Cc2cccc(Cl)c2F)no1)C1CC1. The van der Waals surface area contributed by atoms with Gasteiger partial charge in [0, 0.05) is 18.9 Å². The Balaban J connectivity index is 1.68. The van der Waals surface area contributed by atoms with Crippen LogP contribution in [0.3, 0.4) is 0 Å². The highest BCUT2D eigenvalue weighted by Crippen LogP contribution is 2.33. The molecule has 0 radical (unpaired) electrons. The molecule has 1 saturated carbocycles. The summed E-state index contributed by atoms with van der Waals surface area (Å²) in [5, 5.41) is 7.32. The highest BCUT2D eigenvalue weighted by molar-refractivity contribution is 6.30. The molecule has 21 heavy (non-hydrogen) atoms. The van der Waals surface area contributed by atoms with Crippen molar-refractivity contribution < 1.29 is 8.91 Å². The van der Waals surface area contributed by atoms with Crippen molar-refractivity contribution in [3.05, 3.63) is 46.3 Å². The monoisotopic (exact) mass is 309 g/mol. The van der Waals surface area contributed by atoms with Crippen LogP contribution < -0.4 is 5.32 Å². The van der Waals surface area contributed by atoms with Crippen LogP contribution in [0.15, 0.2) is 22.7 Å². The Morgan fingerprint density at radius 2 is 2.29 bits per heavy atom. The van der Waals surface area contributed by atoms with Crippen molar-refractivity contribution in [3.8, 4) is 0 Å². The minimum Gasteiger partial charge on any atom is -0.339 e. The Morgan fingerprint density at radius 1 is 1.48 bits per heavy atom. The Hall–Kier alpha value is -1.46. The van der Waals surface area contributed by atoms with Gasteiger partial charge in [0.2, 0.25) is 5.89 Å². The predicted octanol–water partition coefficient (Wildman–Crippen LogP) is 2.99. The van der Waals surface area contributed by atoms with Gasteiger partial charge in [-0.3, -0.25) is 0 Å². The highest BCUT2D eigenvalue weighted by Gasteiger charge is 2.31. The van der Waals surface area contributed by atoms with Crippen molar-refractivity contribution in [3.63, 3.8) is 0 Å². The molecule has 0 bridgehead atoms. The fourth-order valence-corrected chi connectivity index (χ4v) is 2.69. The lowest BCUT2D eigenvalue weighted by Gasteiger charge is -2.11. The van der Waals surface area contributed by atoms with E-state index in [-0.39, 0.29) is 11.4 Å². The number of nitrogens with one attached hydrogen (secondary N) is 1. The number of nitrogens with zero attached hydrogens (tertiary/aromatic N) is 2. The van der Waals surface area contributed by atoms with E-state index < -0.39 is 5.82 Å². The standard InChI is InChI=1S/C15H17ClFN3O/c1-18-12(9-5-6-9)8-14-19-13(20-21-14)7-10-3-2-4-11(16)15(10)17/h2-4,9,12,18H,5-8H2,1H3. The third-order valence-electron chi connectivity index (χ3n) is 3.85. The van der Waals surface area contributed by atoms with E-state index in [4.69, 9.17) is 16.1 Å². The summed E-state index contributed by atoms with van der Waals surface area (Å²) in [5.41, 5.74) is 0.474. The highest BCUT2D eigenvalue weighted by atomic mass is 35.5. The van der Waals surface area contributed by atoms with Gasteiger partial charge in [-0.1, -0.05) is 28.9 Å². The summed E-state index contributed by atoms with van der Waals surface area (Å²) >= 11 is 5.77. The van der Waals surface area contributed by atoms with Crippen LogP contribution in [-0.4, -0.2) is 23.2 Å². The molecule has 2 aromatic rings. The second kappa shape index (κ2) is 6.12. The molecule has 1 aliphatic rings. The molecule has 1 aliphatic carbocycles. The lowest BCUT2D eigenvalue weighted by molar-refractivity contribution is 0.349. The third-order valence-corrected chi connectivity index (χ3v) is 4.14. The van der Waals surface area contributed by atoms with Crippen molar-refractivity contribution in [1.29, 1.82) is 0 Å². The summed E-state index contributed by atoms with van der Waals surface area (Å²) in [6, 6.07) is 5.29. The summed E-state index contributed by atoms with van der Waals surface area (Å²) < 4.78 is 19.1. The molecule has 3 rings (SSSR count). The van der Waals surface area contributed by atoms with Crippen molar-refractivity contribution in [2.45, 2.75) is 31.7 Å². The van der Waals surface area contributed by atoms with E-state index in [0.29, 0.717) is 35.7 Å². The first kappa shape index (κ1) is 14.5. The average Bonchev–Trinajstić information content (AvgIpc) is 3.23. The third kappa shape index (κ3) is 3.41. The van der Waals surface area contributed by atoms with Crippen LogP contribution in [0.4, 0.5) is 4.39 Å². The van der Waals surface area contributed by atoms with Crippen LogP contribution in [0.2, 0.25) is 5.02 Å². The summed E-state index contributed by atoms with van der Waals surface area (Å²) in [7, 11) is 1.95. The lowest BCUT2D eigenvalue weighted by atomic mass is 10.1. The molecule has 0 spiro atoms. The average molecular weight is 310 g/mol. The molecule has 0 saturated heterocycles. The molecule has 1 atom stereocenters.